The van der Waals surface area contributed by atoms with E-state index < -0.39 is 0 Å². The average molecular weight is 155 g/mol. The molecule has 1 saturated carbocycles. The molecule has 1 rings (SSSR count). The molecule has 62 valence electrons. The van der Waals surface area contributed by atoms with Gasteiger partial charge in [0.15, 0.2) is 0 Å². The first-order chi connectivity index (χ1) is 5.20. The fourth-order valence-electron chi connectivity index (χ4n) is 1.51. The van der Waals surface area contributed by atoms with Crippen LogP contribution in [0, 0.1) is 5.92 Å². The number of ketones is 1. The lowest BCUT2D eigenvalue weighted by Gasteiger charge is -2.18. The van der Waals surface area contributed by atoms with Crippen LogP contribution in [-0.2, 0) is 9.59 Å². The molecule has 2 N–H and O–H groups in total. The van der Waals surface area contributed by atoms with Gasteiger partial charge in [0.05, 0.1) is 0 Å². The molecular weight excluding hydrogens is 142 g/mol. The molecule has 3 nitrogen and oxygen atoms in total. The third-order valence-corrected chi connectivity index (χ3v) is 2.13. The SMILES string of the molecule is NC(=O)C[C@H]1CCCCC1=O. The summed E-state index contributed by atoms with van der Waals surface area (Å²) in [6, 6.07) is 0. The van der Waals surface area contributed by atoms with Crippen molar-refractivity contribution < 1.29 is 9.59 Å². The second-order valence-electron chi connectivity index (χ2n) is 3.08. The summed E-state index contributed by atoms with van der Waals surface area (Å²) in [4.78, 5) is 21.6. The van der Waals surface area contributed by atoms with Crippen LogP contribution in [-0.4, -0.2) is 11.7 Å². The summed E-state index contributed by atoms with van der Waals surface area (Å²) in [6.45, 7) is 0. The molecular formula is C8H13NO2. The molecule has 0 aromatic heterocycles. The first-order valence-electron chi connectivity index (χ1n) is 4.01. The van der Waals surface area contributed by atoms with Crippen LogP contribution < -0.4 is 5.73 Å². The van der Waals surface area contributed by atoms with E-state index in [0.29, 0.717) is 6.42 Å². The number of amides is 1. The summed E-state index contributed by atoms with van der Waals surface area (Å²) < 4.78 is 0. The smallest absolute Gasteiger partial charge is 0.218 e. The zero-order chi connectivity index (χ0) is 8.27. The Labute approximate surface area is 66.0 Å². The summed E-state index contributed by atoms with van der Waals surface area (Å²) >= 11 is 0. The normalized spacial score (nSPS) is 25.1. The number of Topliss-reactive ketones (excluding diaryl/α,β-unsaturated/α-hetero) is 1. The van der Waals surface area contributed by atoms with Gasteiger partial charge >= 0.3 is 0 Å². The Morgan fingerprint density at radius 3 is 2.82 bits per heavy atom. The summed E-state index contributed by atoms with van der Waals surface area (Å²) in [5, 5.41) is 0. The molecule has 0 radical (unpaired) electrons. The van der Waals surface area contributed by atoms with Crippen molar-refractivity contribution in [3.63, 3.8) is 0 Å². The van der Waals surface area contributed by atoms with Crippen molar-refractivity contribution in [1.82, 2.24) is 0 Å². The first-order valence-corrected chi connectivity index (χ1v) is 4.01. The molecule has 1 aliphatic carbocycles. The number of carbonyl (C=O) groups excluding carboxylic acids is 2. The minimum absolute atomic E-state index is 0.0683. The van der Waals surface area contributed by atoms with Gasteiger partial charge in [0.1, 0.15) is 5.78 Å². The van der Waals surface area contributed by atoms with E-state index in [1.807, 2.05) is 0 Å². The molecule has 0 aromatic carbocycles. The molecule has 11 heavy (non-hydrogen) atoms. The van der Waals surface area contributed by atoms with Crippen LogP contribution in [0.25, 0.3) is 0 Å². The molecule has 0 spiro atoms. The van der Waals surface area contributed by atoms with Crippen LogP contribution in [0.5, 0.6) is 0 Å². The molecule has 3 heteroatoms. The molecule has 1 atom stereocenters. The zero-order valence-corrected chi connectivity index (χ0v) is 6.51. The Bertz CT molecular complexity index is 177. The lowest BCUT2D eigenvalue weighted by Crippen LogP contribution is -2.25. The van der Waals surface area contributed by atoms with Crippen molar-refractivity contribution in [2.75, 3.05) is 0 Å². The topological polar surface area (TPSA) is 60.2 Å². The van der Waals surface area contributed by atoms with Crippen molar-refractivity contribution in [1.29, 1.82) is 0 Å². The van der Waals surface area contributed by atoms with Gasteiger partial charge in [-0.25, -0.2) is 0 Å². The van der Waals surface area contributed by atoms with Crippen LogP contribution in [0.2, 0.25) is 0 Å². The van der Waals surface area contributed by atoms with Gasteiger partial charge in [-0.1, -0.05) is 6.42 Å². The van der Waals surface area contributed by atoms with E-state index in [2.05, 4.69) is 0 Å². The third-order valence-electron chi connectivity index (χ3n) is 2.13. The Morgan fingerprint density at radius 1 is 1.55 bits per heavy atom. The van der Waals surface area contributed by atoms with Crippen molar-refractivity contribution in [2.24, 2.45) is 11.7 Å². The summed E-state index contributed by atoms with van der Waals surface area (Å²) in [5.41, 5.74) is 4.99. The molecule has 1 amide bonds. The quantitative estimate of drug-likeness (QED) is 0.635. The van der Waals surface area contributed by atoms with Gasteiger partial charge in [0.25, 0.3) is 0 Å². The van der Waals surface area contributed by atoms with Crippen molar-refractivity contribution >= 4 is 11.7 Å². The number of carbonyl (C=O) groups is 2. The lowest BCUT2D eigenvalue weighted by atomic mass is 9.86. The lowest BCUT2D eigenvalue weighted by molar-refractivity contribution is -0.129. The highest BCUT2D eigenvalue weighted by atomic mass is 16.1. The highest BCUT2D eigenvalue weighted by Gasteiger charge is 2.23. The minimum atomic E-state index is -0.356. The fraction of sp³-hybridized carbons (Fsp3) is 0.750. The highest BCUT2D eigenvalue weighted by Crippen LogP contribution is 2.22. The van der Waals surface area contributed by atoms with E-state index in [0.717, 1.165) is 19.3 Å². The number of nitrogens with two attached hydrogens (primary N) is 1. The molecule has 0 heterocycles. The molecule has 1 fully saturated rings. The van der Waals surface area contributed by atoms with Crippen LogP contribution in [0.15, 0.2) is 0 Å². The van der Waals surface area contributed by atoms with Gasteiger partial charge < -0.3 is 5.73 Å². The van der Waals surface area contributed by atoms with Gasteiger partial charge in [-0.2, -0.15) is 0 Å². The van der Waals surface area contributed by atoms with Crippen LogP contribution >= 0.6 is 0 Å². The van der Waals surface area contributed by atoms with Crippen LogP contribution in [0.1, 0.15) is 32.1 Å². The predicted molar refractivity (Wildman–Crippen MR) is 40.8 cm³/mol. The third kappa shape index (κ3) is 2.33. The number of hydrogen-bond acceptors (Lipinski definition) is 2. The molecule has 0 saturated heterocycles. The van der Waals surface area contributed by atoms with E-state index in [1.54, 1.807) is 0 Å². The van der Waals surface area contributed by atoms with Crippen LogP contribution in [0.3, 0.4) is 0 Å². The van der Waals surface area contributed by atoms with E-state index in [4.69, 9.17) is 5.73 Å². The number of hydrogen-bond donors (Lipinski definition) is 1. The predicted octanol–water partition coefficient (Wildman–Crippen LogP) is 0.621. The Hall–Kier alpha value is -0.860. The van der Waals surface area contributed by atoms with Gasteiger partial charge in [-0.15, -0.1) is 0 Å². The standard InChI is InChI=1S/C8H13NO2/c9-8(11)5-6-3-1-2-4-7(6)10/h6H,1-5H2,(H2,9,11)/t6-/m1/s1. The Kier molecular flexibility index (Phi) is 2.63. The van der Waals surface area contributed by atoms with Gasteiger partial charge in [-0.3, -0.25) is 9.59 Å². The number of rotatable bonds is 2. The van der Waals surface area contributed by atoms with Gasteiger partial charge in [-0.05, 0) is 12.8 Å². The van der Waals surface area contributed by atoms with Gasteiger partial charge in [0, 0.05) is 18.8 Å². The summed E-state index contributed by atoms with van der Waals surface area (Å²) in [5.74, 6) is -0.207. The second kappa shape index (κ2) is 3.51. The van der Waals surface area contributed by atoms with Gasteiger partial charge in [0.2, 0.25) is 5.91 Å². The number of primary amides is 1. The monoisotopic (exact) mass is 155 g/mol. The molecule has 0 unspecified atom stereocenters. The fourth-order valence-corrected chi connectivity index (χ4v) is 1.51. The highest BCUT2D eigenvalue weighted by molar-refractivity contribution is 5.86. The maximum absolute atomic E-state index is 11.1. The Morgan fingerprint density at radius 2 is 2.27 bits per heavy atom. The average Bonchev–Trinajstić information content (AvgIpc) is 1.93. The van der Waals surface area contributed by atoms with E-state index in [-0.39, 0.29) is 24.0 Å². The Balaban J connectivity index is 2.42. The van der Waals surface area contributed by atoms with E-state index in [9.17, 15) is 9.59 Å². The largest absolute Gasteiger partial charge is 0.370 e. The second-order valence-corrected chi connectivity index (χ2v) is 3.08. The zero-order valence-electron chi connectivity index (χ0n) is 6.51. The minimum Gasteiger partial charge on any atom is -0.370 e. The first kappa shape index (κ1) is 8.24. The van der Waals surface area contributed by atoms with E-state index in [1.165, 1.54) is 0 Å². The maximum atomic E-state index is 11.1. The molecule has 0 aliphatic heterocycles. The van der Waals surface area contributed by atoms with Crippen LogP contribution in [0.4, 0.5) is 0 Å². The molecule has 0 bridgehead atoms. The van der Waals surface area contributed by atoms with Crippen molar-refractivity contribution in [3.8, 4) is 0 Å². The van der Waals surface area contributed by atoms with Crippen molar-refractivity contribution in [3.05, 3.63) is 0 Å². The summed E-state index contributed by atoms with van der Waals surface area (Å²) in [6.07, 6.45) is 3.77. The molecule has 0 aromatic rings. The summed E-state index contributed by atoms with van der Waals surface area (Å²) in [7, 11) is 0. The maximum Gasteiger partial charge on any atom is 0.218 e. The van der Waals surface area contributed by atoms with Crippen molar-refractivity contribution in [2.45, 2.75) is 32.1 Å². The van der Waals surface area contributed by atoms with E-state index >= 15 is 0 Å². The molecule has 1 aliphatic rings.